The number of carbonyl (C=O) groups is 2. The van der Waals surface area contributed by atoms with Gasteiger partial charge in [-0.1, -0.05) is 6.92 Å². The molecule has 0 fully saturated rings. The molecular weight excluding hydrogens is 216 g/mol. The van der Waals surface area contributed by atoms with E-state index in [4.69, 9.17) is 21.1 Å². The molecule has 7 nitrogen and oxygen atoms in total. The number of nitrogens with two attached hydrogens (primary N) is 1. The second-order valence-corrected chi connectivity index (χ2v) is 3.64. The monoisotopic (exact) mass is 234 g/mol. The molecule has 0 aromatic heterocycles. The summed E-state index contributed by atoms with van der Waals surface area (Å²) in [6.45, 7) is 0.798. The summed E-state index contributed by atoms with van der Waals surface area (Å²) in [6, 6.07) is -1.19. The highest BCUT2D eigenvalue weighted by Crippen LogP contribution is 2.08. The van der Waals surface area contributed by atoms with E-state index in [2.05, 4.69) is 5.32 Å². The summed E-state index contributed by atoms with van der Waals surface area (Å²) in [5, 5.41) is 28.9. The zero-order valence-corrected chi connectivity index (χ0v) is 9.14. The molecule has 0 spiro atoms. The van der Waals surface area contributed by atoms with Gasteiger partial charge in [0.05, 0.1) is 31.2 Å². The maximum atomic E-state index is 11.4. The highest BCUT2D eigenvalue weighted by Gasteiger charge is 2.30. The number of rotatable bonds is 7. The molecule has 6 N–H and O–H groups in total. The van der Waals surface area contributed by atoms with Gasteiger partial charge in [-0.25, -0.2) is 0 Å². The van der Waals surface area contributed by atoms with E-state index in [1.54, 1.807) is 6.92 Å². The van der Waals surface area contributed by atoms with Gasteiger partial charge in [-0.05, 0) is 6.42 Å². The lowest BCUT2D eigenvalue weighted by Crippen LogP contribution is -2.58. The Morgan fingerprint density at radius 3 is 2.19 bits per heavy atom. The molecule has 0 aliphatic heterocycles. The van der Waals surface area contributed by atoms with E-state index < -0.39 is 43.1 Å². The van der Waals surface area contributed by atoms with E-state index in [9.17, 15) is 9.59 Å². The predicted molar refractivity (Wildman–Crippen MR) is 55.6 cm³/mol. The molecule has 1 atom stereocenters. The van der Waals surface area contributed by atoms with Crippen molar-refractivity contribution >= 4 is 11.9 Å². The zero-order valence-electron chi connectivity index (χ0n) is 9.14. The maximum Gasteiger partial charge on any atom is 0.305 e. The first kappa shape index (κ1) is 14.8. The van der Waals surface area contributed by atoms with Gasteiger partial charge in [0.15, 0.2) is 0 Å². The summed E-state index contributed by atoms with van der Waals surface area (Å²) in [6.07, 6.45) is -0.186. The average molecular weight is 234 g/mol. The number of carboxylic acids is 1. The van der Waals surface area contributed by atoms with E-state index in [0.717, 1.165) is 0 Å². The standard InChI is InChI=1S/C9H18N2O5/c1-2-9(4-12,5-13)11-8(16)6(10)3-7(14)15/h6,12-13H,2-5,10H2,1H3,(H,11,16)(H,14,15). The summed E-state index contributed by atoms with van der Waals surface area (Å²) in [5.74, 6) is -1.88. The largest absolute Gasteiger partial charge is 0.481 e. The van der Waals surface area contributed by atoms with E-state index in [1.807, 2.05) is 0 Å². The molecule has 0 aromatic rings. The van der Waals surface area contributed by atoms with Gasteiger partial charge in [0, 0.05) is 0 Å². The Morgan fingerprint density at radius 1 is 1.38 bits per heavy atom. The summed E-state index contributed by atoms with van der Waals surface area (Å²) in [4.78, 5) is 21.8. The number of carbonyl (C=O) groups excluding carboxylic acids is 1. The Hall–Kier alpha value is -1.18. The lowest BCUT2D eigenvalue weighted by Gasteiger charge is -2.30. The van der Waals surface area contributed by atoms with Gasteiger partial charge in [0.25, 0.3) is 0 Å². The second kappa shape index (κ2) is 6.41. The van der Waals surface area contributed by atoms with Crippen LogP contribution in [0.3, 0.4) is 0 Å². The topological polar surface area (TPSA) is 133 Å². The van der Waals surface area contributed by atoms with E-state index in [0.29, 0.717) is 6.42 Å². The number of aliphatic hydroxyl groups excluding tert-OH is 2. The highest BCUT2D eigenvalue weighted by atomic mass is 16.4. The van der Waals surface area contributed by atoms with Crippen molar-refractivity contribution < 1.29 is 24.9 Å². The van der Waals surface area contributed by atoms with E-state index >= 15 is 0 Å². The van der Waals surface area contributed by atoms with Crippen molar-refractivity contribution in [3.05, 3.63) is 0 Å². The smallest absolute Gasteiger partial charge is 0.305 e. The Kier molecular flexibility index (Phi) is 5.94. The van der Waals surface area contributed by atoms with Crippen LogP contribution in [0.2, 0.25) is 0 Å². The highest BCUT2D eigenvalue weighted by molar-refractivity contribution is 5.86. The first-order valence-corrected chi connectivity index (χ1v) is 4.92. The Bertz CT molecular complexity index is 244. The molecule has 0 saturated heterocycles. The van der Waals surface area contributed by atoms with Crippen LogP contribution in [0.15, 0.2) is 0 Å². The van der Waals surface area contributed by atoms with Gasteiger partial charge in [-0.3, -0.25) is 9.59 Å². The van der Waals surface area contributed by atoms with Crippen LogP contribution >= 0.6 is 0 Å². The van der Waals surface area contributed by atoms with Gasteiger partial charge in [-0.15, -0.1) is 0 Å². The molecule has 94 valence electrons. The molecule has 0 aliphatic carbocycles. The Labute approximate surface area is 93.3 Å². The first-order chi connectivity index (χ1) is 7.40. The van der Waals surface area contributed by atoms with Gasteiger partial charge in [0.2, 0.25) is 5.91 Å². The predicted octanol–water partition coefficient (Wildman–Crippen LogP) is -1.96. The Balaban J connectivity index is 4.45. The molecular formula is C9H18N2O5. The minimum atomic E-state index is -1.19. The lowest BCUT2D eigenvalue weighted by atomic mass is 9.97. The number of hydrogen-bond donors (Lipinski definition) is 5. The van der Waals surface area contributed by atoms with Crippen molar-refractivity contribution in [2.75, 3.05) is 13.2 Å². The van der Waals surface area contributed by atoms with Gasteiger partial charge >= 0.3 is 5.97 Å². The van der Waals surface area contributed by atoms with Gasteiger partial charge in [-0.2, -0.15) is 0 Å². The van der Waals surface area contributed by atoms with Crippen LogP contribution in [-0.4, -0.2) is 52.0 Å². The van der Waals surface area contributed by atoms with E-state index in [-0.39, 0.29) is 0 Å². The number of hydrogen-bond acceptors (Lipinski definition) is 5. The molecule has 0 rings (SSSR count). The number of amides is 1. The van der Waals surface area contributed by atoms with Crippen LogP contribution in [0.25, 0.3) is 0 Å². The summed E-state index contributed by atoms with van der Waals surface area (Å²) in [7, 11) is 0. The molecule has 0 radical (unpaired) electrons. The van der Waals surface area contributed by atoms with Crippen LogP contribution in [-0.2, 0) is 9.59 Å². The van der Waals surface area contributed by atoms with Gasteiger partial charge < -0.3 is 26.4 Å². The number of carboxylic acid groups (broad SMARTS) is 1. The third-order valence-corrected chi connectivity index (χ3v) is 2.40. The SMILES string of the molecule is CCC(CO)(CO)NC(=O)C(N)CC(=O)O. The van der Waals surface area contributed by atoms with Gasteiger partial charge in [0.1, 0.15) is 0 Å². The minimum Gasteiger partial charge on any atom is -0.481 e. The average Bonchev–Trinajstić information content (AvgIpc) is 2.25. The number of aliphatic carboxylic acids is 1. The molecule has 0 saturated carbocycles. The molecule has 0 bridgehead atoms. The molecule has 1 unspecified atom stereocenters. The van der Waals surface area contributed by atoms with Crippen LogP contribution in [0.1, 0.15) is 19.8 Å². The van der Waals surface area contributed by atoms with E-state index in [1.165, 1.54) is 0 Å². The lowest BCUT2D eigenvalue weighted by molar-refractivity contribution is -0.140. The normalized spacial score (nSPS) is 13.2. The molecule has 0 aliphatic rings. The van der Waals surface area contributed by atoms with Crippen molar-refractivity contribution in [3.63, 3.8) is 0 Å². The summed E-state index contributed by atoms with van der Waals surface area (Å²) < 4.78 is 0. The molecule has 0 heterocycles. The van der Waals surface area contributed by atoms with Crippen LogP contribution < -0.4 is 11.1 Å². The molecule has 1 amide bonds. The summed E-state index contributed by atoms with van der Waals surface area (Å²) >= 11 is 0. The van der Waals surface area contributed by atoms with Crippen molar-refractivity contribution in [1.82, 2.24) is 5.32 Å². The van der Waals surface area contributed by atoms with Crippen LogP contribution in [0, 0.1) is 0 Å². The summed E-state index contributed by atoms with van der Waals surface area (Å²) in [5.41, 5.74) is 4.19. The number of nitrogens with one attached hydrogen (secondary N) is 1. The molecule has 16 heavy (non-hydrogen) atoms. The Morgan fingerprint density at radius 2 is 1.88 bits per heavy atom. The fourth-order valence-corrected chi connectivity index (χ4v) is 1.08. The third-order valence-electron chi connectivity index (χ3n) is 2.40. The zero-order chi connectivity index (χ0) is 12.8. The van der Waals surface area contributed by atoms with Crippen molar-refractivity contribution in [2.45, 2.75) is 31.3 Å². The number of aliphatic hydroxyl groups is 2. The van der Waals surface area contributed by atoms with Crippen LogP contribution in [0.5, 0.6) is 0 Å². The third kappa shape index (κ3) is 4.13. The maximum absolute atomic E-state index is 11.4. The van der Waals surface area contributed by atoms with Crippen LogP contribution in [0.4, 0.5) is 0 Å². The first-order valence-electron chi connectivity index (χ1n) is 4.92. The minimum absolute atomic E-state index is 0.311. The fraction of sp³-hybridized carbons (Fsp3) is 0.778. The molecule has 7 heteroatoms. The van der Waals surface area contributed by atoms with Crippen molar-refractivity contribution in [1.29, 1.82) is 0 Å². The van der Waals surface area contributed by atoms with Crippen molar-refractivity contribution in [2.24, 2.45) is 5.73 Å². The molecule has 0 aromatic carbocycles. The van der Waals surface area contributed by atoms with Crippen molar-refractivity contribution in [3.8, 4) is 0 Å². The second-order valence-electron chi connectivity index (χ2n) is 3.64. The fourth-order valence-electron chi connectivity index (χ4n) is 1.08. The quantitative estimate of drug-likeness (QED) is 0.347.